The van der Waals surface area contributed by atoms with Gasteiger partial charge in [-0.1, -0.05) is 6.07 Å². The van der Waals surface area contributed by atoms with E-state index in [9.17, 15) is 9.50 Å². The molecule has 1 aliphatic rings. The second-order valence-corrected chi connectivity index (χ2v) is 8.34. The van der Waals surface area contributed by atoms with E-state index in [1.807, 2.05) is 0 Å². The Morgan fingerprint density at radius 3 is 2.27 bits per heavy atom. The molecule has 1 saturated heterocycles. The highest BCUT2D eigenvalue weighted by molar-refractivity contribution is 5.71. The van der Waals surface area contributed by atoms with Crippen LogP contribution in [0.15, 0.2) is 36.4 Å². The lowest BCUT2D eigenvalue weighted by Gasteiger charge is -2.46. The minimum Gasteiger partial charge on any atom is -0.508 e. The summed E-state index contributed by atoms with van der Waals surface area (Å²) in [5, 5.41) is 10.1. The van der Waals surface area contributed by atoms with E-state index in [0.717, 1.165) is 24.0 Å². The molecule has 0 radical (unpaired) electrons. The maximum absolute atomic E-state index is 14.6. The first-order valence-electron chi connectivity index (χ1n) is 8.97. The number of hydrogen-bond acceptors (Lipinski definition) is 3. The molecule has 1 N–H and O–H groups in total. The van der Waals surface area contributed by atoms with E-state index >= 15 is 0 Å². The van der Waals surface area contributed by atoms with Crippen molar-refractivity contribution in [1.82, 2.24) is 0 Å². The van der Waals surface area contributed by atoms with E-state index < -0.39 is 0 Å². The maximum Gasteiger partial charge on any atom is 0.131 e. The Hall–Kier alpha value is -2.07. The van der Waals surface area contributed by atoms with Gasteiger partial charge in [-0.15, -0.1) is 0 Å². The summed E-state index contributed by atoms with van der Waals surface area (Å²) in [5.74, 6) is 0.645. The summed E-state index contributed by atoms with van der Waals surface area (Å²) in [7, 11) is 1.57. The lowest BCUT2D eigenvalue weighted by Crippen LogP contribution is -2.44. The molecule has 1 aliphatic heterocycles. The van der Waals surface area contributed by atoms with Crippen molar-refractivity contribution in [2.24, 2.45) is 0 Å². The summed E-state index contributed by atoms with van der Waals surface area (Å²) in [6.07, 6.45) is 1.61. The number of hydrogen-bond donors (Lipinski definition) is 1. The molecule has 4 heteroatoms. The number of phenols is 1. The molecule has 1 heterocycles. The molecule has 0 amide bonds. The molecule has 2 aromatic rings. The molecule has 0 saturated carbocycles. The number of rotatable bonds is 3. The second-order valence-electron chi connectivity index (χ2n) is 8.34. The van der Waals surface area contributed by atoms with Crippen molar-refractivity contribution in [2.75, 3.05) is 7.11 Å². The first kappa shape index (κ1) is 18.7. The standard InChI is InChI=1S/C22H27FO3/c1-21(2)12-14(13-22(3,4)26-21)18-10-15(24)6-8-17(18)19-11-16(25-5)7-9-20(19)23/h6-11,14,24H,12-13H2,1-5H3. The van der Waals surface area contributed by atoms with Crippen molar-refractivity contribution >= 4 is 0 Å². The Bertz CT molecular complexity index is 795. The number of benzene rings is 2. The van der Waals surface area contributed by atoms with Gasteiger partial charge in [-0.05, 0) is 87.9 Å². The molecule has 0 aromatic heterocycles. The van der Waals surface area contributed by atoms with Gasteiger partial charge in [-0.3, -0.25) is 0 Å². The fraction of sp³-hybridized carbons (Fsp3) is 0.455. The van der Waals surface area contributed by atoms with Gasteiger partial charge in [0.15, 0.2) is 0 Å². The fourth-order valence-electron chi connectivity index (χ4n) is 4.28. The van der Waals surface area contributed by atoms with Gasteiger partial charge >= 0.3 is 0 Å². The topological polar surface area (TPSA) is 38.7 Å². The second kappa shape index (κ2) is 6.58. The molecule has 3 rings (SSSR count). The van der Waals surface area contributed by atoms with Gasteiger partial charge in [-0.2, -0.15) is 0 Å². The number of ether oxygens (including phenoxy) is 2. The average molecular weight is 358 g/mol. The van der Waals surface area contributed by atoms with Gasteiger partial charge in [0.1, 0.15) is 17.3 Å². The highest BCUT2D eigenvalue weighted by Crippen LogP contribution is 2.47. The number of aromatic hydroxyl groups is 1. The number of phenolic OH excluding ortho intramolecular Hbond substituents is 1. The summed E-state index contributed by atoms with van der Waals surface area (Å²) >= 11 is 0. The molecule has 0 atom stereocenters. The molecule has 0 unspecified atom stereocenters. The van der Waals surface area contributed by atoms with E-state index in [4.69, 9.17) is 9.47 Å². The third-order valence-corrected chi connectivity index (χ3v) is 4.97. The quantitative estimate of drug-likeness (QED) is 0.769. The van der Waals surface area contributed by atoms with Gasteiger partial charge in [0.2, 0.25) is 0 Å². The van der Waals surface area contributed by atoms with Crippen LogP contribution >= 0.6 is 0 Å². The van der Waals surface area contributed by atoms with Crippen LogP contribution in [0.3, 0.4) is 0 Å². The normalized spacial score (nSPS) is 19.3. The molecule has 2 aromatic carbocycles. The van der Waals surface area contributed by atoms with Crippen LogP contribution in [0.4, 0.5) is 4.39 Å². The van der Waals surface area contributed by atoms with Crippen molar-refractivity contribution < 1.29 is 19.0 Å². The summed E-state index contributed by atoms with van der Waals surface area (Å²) in [6, 6.07) is 9.89. The maximum atomic E-state index is 14.6. The third kappa shape index (κ3) is 3.85. The average Bonchev–Trinajstić information content (AvgIpc) is 2.52. The fourth-order valence-corrected chi connectivity index (χ4v) is 4.28. The molecule has 0 aliphatic carbocycles. The highest BCUT2D eigenvalue weighted by atomic mass is 19.1. The minimum atomic E-state index is -0.302. The van der Waals surface area contributed by atoms with Crippen molar-refractivity contribution in [3.05, 3.63) is 47.8 Å². The predicted molar refractivity (Wildman–Crippen MR) is 101 cm³/mol. The van der Waals surface area contributed by atoms with Crippen molar-refractivity contribution in [2.45, 2.75) is 57.7 Å². The molecule has 140 valence electrons. The number of halogens is 1. The Labute approximate surface area is 154 Å². The molecule has 0 bridgehead atoms. The van der Waals surface area contributed by atoms with E-state index in [1.165, 1.54) is 6.07 Å². The van der Waals surface area contributed by atoms with Crippen LogP contribution in [0.5, 0.6) is 11.5 Å². The van der Waals surface area contributed by atoms with Crippen LogP contribution in [0.1, 0.15) is 52.0 Å². The lowest BCUT2D eigenvalue weighted by molar-refractivity contribution is -0.161. The SMILES string of the molecule is COc1ccc(F)c(-c2ccc(O)cc2C2CC(C)(C)OC(C)(C)C2)c1. The Kier molecular flexibility index (Phi) is 4.74. The monoisotopic (exact) mass is 358 g/mol. The van der Waals surface area contributed by atoms with Gasteiger partial charge in [0, 0.05) is 5.56 Å². The zero-order chi connectivity index (χ0) is 19.1. The number of methoxy groups -OCH3 is 1. The largest absolute Gasteiger partial charge is 0.508 e. The molecule has 26 heavy (non-hydrogen) atoms. The zero-order valence-corrected chi connectivity index (χ0v) is 16.1. The van der Waals surface area contributed by atoms with E-state index in [1.54, 1.807) is 37.4 Å². The Morgan fingerprint density at radius 2 is 1.65 bits per heavy atom. The van der Waals surface area contributed by atoms with Crippen LogP contribution in [-0.2, 0) is 4.74 Å². The lowest BCUT2D eigenvalue weighted by atomic mass is 9.75. The van der Waals surface area contributed by atoms with Crippen LogP contribution in [-0.4, -0.2) is 23.4 Å². The van der Waals surface area contributed by atoms with E-state index in [0.29, 0.717) is 11.3 Å². The summed E-state index contributed by atoms with van der Waals surface area (Å²) in [5.41, 5.74) is 1.64. The van der Waals surface area contributed by atoms with E-state index in [-0.39, 0.29) is 28.7 Å². The van der Waals surface area contributed by atoms with Crippen molar-refractivity contribution in [3.8, 4) is 22.6 Å². The highest BCUT2D eigenvalue weighted by Gasteiger charge is 2.40. The molecule has 3 nitrogen and oxygen atoms in total. The molecule has 1 fully saturated rings. The molecular weight excluding hydrogens is 331 g/mol. The Balaban J connectivity index is 2.13. The smallest absolute Gasteiger partial charge is 0.131 e. The van der Waals surface area contributed by atoms with Gasteiger partial charge in [0.05, 0.1) is 18.3 Å². The first-order valence-corrected chi connectivity index (χ1v) is 8.97. The van der Waals surface area contributed by atoms with Gasteiger partial charge < -0.3 is 14.6 Å². The van der Waals surface area contributed by atoms with Crippen LogP contribution < -0.4 is 4.74 Å². The first-order chi connectivity index (χ1) is 12.1. The predicted octanol–water partition coefficient (Wildman–Crippen LogP) is 5.66. The van der Waals surface area contributed by atoms with Crippen LogP contribution in [0, 0.1) is 5.82 Å². The van der Waals surface area contributed by atoms with E-state index in [2.05, 4.69) is 27.7 Å². The van der Waals surface area contributed by atoms with Crippen molar-refractivity contribution in [1.29, 1.82) is 0 Å². The Morgan fingerprint density at radius 1 is 1.00 bits per heavy atom. The summed E-state index contributed by atoms with van der Waals surface area (Å²) in [6.45, 7) is 8.32. The summed E-state index contributed by atoms with van der Waals surface area (Å²) in [4.78, 5) is 0. The zero-order valence-electron chi connectivity index (χ0n) is 16.1. The van der Waals surface area contributed by atoms with Gasteiger partial charge in [-0.25, -0.2) is 4.39 Å². The van der Waals surface area contributed by atoms with Gasteiger partial charge in [0.25, 0.3) is 0 Å². The van der Waals surface area contributed by atoms with Crippen LogP contribution in [0.25, 0.3) is 11.1 Å². The summed E-state index contributed by atoms with van der Waals surface area (Å²) < 4.78 is 26.1. The third-order valence-electron chi connectivity index (χ3n) is 4.97. The minimum absolute atomic E-state index is 0.154. The van der Waals surface area contributed by atoms with Crippen LogP contribution in [0.2, 0.25) is 0 Å². The molecule has 0 spiro atoms. The van der Waals surface area contributed by atoms with Crippen molar-refractivity contribution in [3.63, 3.8) is 0 Å². The molecular formula is C22H27FO3.